The number of amides is 1. The Morgan fingerprint density at radius 2 is 1.97 bits per heavy atom. The highest BCUT2D eigenvalue weighted by Gasteiger charge is 2.26. The van der Waals surface area contributed by atoms with Crippen LogP contribution in [0.3, 0.4) is 0 Å². The van der Waals surface area contributed by atoms with Crippen LogP contribution in [-0.4, -0.2) is 48.0 Å². The first-order valence-electron chi connectivity index (χ1n) is 11.1. The number of aryl methyl sites for hydroxylation is 1. The molecule has 3 aromatic rings. The zero-order valence-electron chi connectivity index (χ0n) is 19.1. The van der Waals surface area contributed by atoms with Gasteiger partial charge in [-0.15, -0.1) is 0 Å². The van der Waals surface area contributed by atoms with Crippen molar-refractivity contribution in [3.05, 3.63) is 77.1 Å². The maximum atomic E-state index is 11.5. The van der Waals surface area contributed by atoms with E-state index in [-0.39, 0.29) is 0 Å². The second kappa shape index (κ2) is 9.49. The first-order chi connectivity index (χ1) is 15.4. The lowest BCUT2D eigenvalue weighted by Gasteiger charge is -2.33. The molecule has 2 heterocycles. The summed E-state index contributed by atoms with van der Waals surface area (Å²) in [7, 11) is 3.93. The number of carbonyl (C=O) groups is 1. The topological polar surface area (TPSA) is 75.3 Å². The summed E-state index contributed by atoms with van der Waals surface area (Å²) in [5.41, 5.74) is 11.7. The highest BCUT2D eigenvalue weighted by Crippen LogP contribution is 2.34. The Morgan fingerprint density at radius 1 is 1.19 bits per heavy atom. The van der Waals surface area contributed by atoms with Gasteiger partial charge in [0.25, 0.3) is 0 Å². The SMILES string of the molecule is Cc1cccc(CN2CCCC(c3nc(N(C)C)ncc3-c3ccc(C(N)=O)cc3)C2)c1. The van der Waals surface area contributed by atoms with Crippen molar-refractivity contribution in [3.63, 3.8) is 0 Å². The lowest BCUT2D eigenvalue weighted by atomic mass is 9.89. The molecule has 0 saturated carbocycles. The molecule has 1 atom stereocenters. The van der Waals surface area contributed by atoms with E-state index in [4.69, 9.17) is 10.7 Å². The maximum absolute atomic E-state index is 11.5. The molecule has 32 heavy (non-hydrogen) atoms. The fourth-order valence-electron chi connectivity index (χ4n) is 4.44. The van der Waals surface area contributed by atoms with E-state index in [1.54, 1.807) is 12.1 Å². The van der Waals surface area contributed by atoms with Crippen LogP contribution >= 0.6 is 0 Å². The van der Waals surface area contributed by atoms with Crippen molar-refractivity contribution in [1.82, 2.24) is 14.9 Å². The van der Waals surface area contributed by atoms with Crippen molar-refractivity contribution >= 4 is 11.9 Å². The van der Waals surface area contributed by atoms with E-state index in [1.807, 2.05) is 37.3 Å². The van der Waals surface area contributed by atoms with Gasteiger partial charge in [0.2, 0.25) is 11.9 Å². The molecule has 0 aliphatic carbocycles. The Kier molecular flexibility index (Phi) is 6.51. The first kappa shape index (κ1) is 22.0. The summed E-state index contributed by atoms with van der Waals surface area (Å²) in [4.78, 5) is 25.5. The Hall–Kier alpha value is -3.25. The predicted molar refractivity (Wildman–Crippen MR) is 129 cm³/mol. The summed E-state index contributed by atoms with van der Waals surface area (Å²) >= 11 is 0. The van der Waals surface area contributed by atoms with Crippen molar-refractivity contribution in [1.29, 1.82) is 0 Å². The Labute approximate surface area is 190 Å². The number of carbonyl (C=O) groups excluding carboxylic acids is 1. The lowest BCUT2D eigenvalue weighted by molar-refractivity contribution is 0.100. The molecule has 1 aliphatic rings. The molecule has 0 radical (unpaired) electrons. The van der Waals surface area contributed by atoms with E-state index in [9.17, 15) is 4.79 Å². The van der Waals surface area contributed by atoms with E-state index in [0.717, 1.165) is 49.3 Å². The maximum Gasteiger partial charge on any atom is 0.248 e. The third kappa shape index (κ3) is 4.97. The summed E-state index contributed by atoms with van der Waals surface area (Å²) in [5.74, 6) is 0.615. The number of primary amides is 1. The zero-order valence-corrected chi connectivity index (χ0v) is 19.1. The molecule has 1 fully saturated rings. The van der Waals surface area contributed by atoms with Gasteiger partial charge >= 0.3 is 0 Å². The molecule has 0 bridgehead atoms. The molecular weight excluding hydrogens is 398 g/mol. The standard InChI is InChI=1S/C26H31N5O/c1-18-6-4-7-19(14-18)16-31-13-5-8-22(17-31)24-23(15-28-26(29-24)30(2)3)20-9-11-21(12-10-20)25(27)32/h4,6-7,9-12,14-15,22H,5,8,13,16-17H2,1-3H3,(H2,27,32). The van der Waals surface area contributed by atoms with Crippen LogP contribution in [0.2, 0.25) is 0 Å². The molecule has 1 amide bonds. The number of nitrogens with zero attached hydrogens (tertiary/aromatic N) is 4. The largest absolute Gasteiger partial charge is 0.366 e. The number of anilines is 1. The minimum absolute atomic E-state index is 0.320. The predicted octanol–water partition coefficient (Wildman–Crippen LogP) is 4.00. The van der Waals surface area contributed by atoms with Gasteiger partial charge in [-0.25, -0.2) is 9.97 Å². The van der Waals surface area contributed by atoms with Gasteiger partial charge < -0.3 is 10.6 Å². The van der Waals surface area contributed by atoms with Crippen LogP contribution in [0.15, 0.2) is 54.7 Å². The molecule has 0 spiro atoms. The van der Waals surface area contributed by atoms with Crippen LogP contribution in [-0.2, 0) is 6.54 Å². The fraction of sp³-hybridized carbons (Fsp3) is 0.346. The van der Waals surface area contributed by atoms with Crippen LogP contribution in [0.25, 0.3) is 11.1 Å². The molecular formula is C26H31N5O. The summed E-state index contributed by atoms with van der Waals surface area (Å²) in [6.45, 7) is 5.15. The van der Waals surface area contributed by atoms with Crippen LogP contribution in [0.4, 0.5) is 5.95 Å². The third-order valence-electron chi connectivity index (χ3n) is 6.07. The number of likely N-dealkylation sites (tertiary alicyclic amines) is 1. The molecule has 6 nitrogen and oxygen atoms in total. The number of benzene rings is 2. The quantitative estimate of drug-likeness (QED) is 0.641. The third-order valence-corrected chi connectivity index (χ3v) is 6.07. The minimum atomic E-state index is -0.421. The second-order valence-corrected chi connectivity index (χ2v) is 8.87. The normalized spacial score (nSPS) is 16.7. The highest BCUT2D eigenvalue weighted by atomic mass is 16.1. The Balaban J connectivity index is 1.64. The summed E-state index contributed by atoms with van der Waals surface area (Å²) in [5, 5.41) is 0. The molecule has 2 N–H and O–H groups in total. The van der Waals surface area contributed by atoms with Crippen LogP contribution in [0.5, 0.6) is 0 Å². The molecule has 2 aromatic carbocycles. The monoisotopic (exact) mass is 429 g/mol. The van der Waals surface area contributed by atoms with Gasteiger partial charge in [0, 0.05) is 50.4 Å². The number of aromatic nitrogens is 2. The molecule has 1 saturated heterocycles. The van der Waals surface area contributed by atoms with Crippen molar-refractivity contribution < 1.29 is 4.79 Å². The zero-order chi connectivity index (χ0) is 22.7. The average Bonchev–Trinajstić information content (AvgIpc) is 2.79. The first-order valence-corrected chi connectivity index (χ1v) is 11.1. The van der Waals surface area contributed by atoms with Gasteiger partial charge in [-0.3, -0.25) is 9.69 Å². The van der Waals surface area contributed by atoms with Crippen molar-refractivity contribution in [2.45, 2.75) is 32.2 Å². The van der Waals surface area contributed by atoms with E-state index in [0.29, 0.717) is 17.4 Å². The number of rotatable bonds is 6. The van der Waals surface area contributed by atoms with E-state index >= 15 is 0 Å². The fourth-order valence-corrected chi connectivity index (χ4v) is 4.44. The average molecular weight is 430 g/mol. The van der Waals surface area contributed by atoms with Gasteiger partial charge in [0.05, 0.1) is 5.69 Å². The summed E-state index contributed by atoms with van der Waals surface area (Å²) < 4.78 is 0. The molecule has 1 aromatic heterocycles. The van der Waals surface area contributed by atoms with E-state index < -0.39 is 5.91 Å². The van der Waals surface area contributed by atoms with Crippen molar-refractivity contribution in [3.8, 4) is 11.1 Å². The lowest BCUT2D eigenvalue weighted by Crippen LogP contribution is -2.34. The van der Waals surface area contributed by atoms with Crippen LogP contribution in [0.1, 0.15) is 45.9 Å². The van der Waals surface area contributed by atoms with Crippen LogP contribution < -0.4 is 10.6 Å². The molecule has 6 heteroatoms. The number of nitrogens with two attached hydrogens (primary N) is 1. The van der Waals surface area contributed by atoms with Gasteiger partial charge in [-0.2, -0.15) is 0 Å². The molecule has 1 unspecified atom stereocenters. The van der Waals surface area contributed by atoms with Crippen molar-refractivity contribution in [2.75, 3.05) is 32.1 Å². The minimum Gasteiger partial charge on any atom is -0.366 e. The highest BCUT2D eigenvalue weighted by molar-refractivity contribution is 5.93. The number of hydrogen-bond acceptors (Lipinski definition) is 5. The van der Waals surface area contributed by atoms with Crippen LogP contribution in [0, 0.1) is 6.92 Å². The van der Waals surface area contributed by atoms with E-state index in [1.165, 1.54) is 11.1 Å². The van der Waals surface area contributed by atoms with E-state index in [2.05, 4.69) is 41.1 Å². The number of hydrogen-bond donors (Lipinski definition) is 1. The smallest absolute Gasteiger partial charge is 0.248 e. The van der Waals surface area contributed by atoms with Crippen molar-refractivity contribution in [2.24, 2.45) is 5.73 Å². The number of piperidine rings is 1. The summed E-state index contributed by atoms with van der Waals surface area (Å²) in [6.07, 6.45) is 4.15. The molecule has 166 valence electrons. The second-order valence-electron chi connectivity index (χ2n) is 8.87. The van der Waals surface area contributed by atoms with Gasteiger partial charge in [-0.1, -0.05) is 42.0 Å². The Bertz CT molecular complexity index is 1090. The molecule has 4 rings (SSSR count). The van der Waals surface area contributed by atoms with Gasteiger partial charge in [0.15, 0.2) is 0 Å². The van der Waals surface area contributed by atoms with Gasteiger partial charge in [0.1, 0.15) is 0 Å². The summed E-state index contributed by atoms with van der Waals surface area (Å²) in [6, 6.07) is 16.2. The Morgan fingerprint density at radius 3 is 2.66 bits per heavy atom. The molecule has 1 aliphatic heterocycles. The van der Waals surface area contributed by atoms with Gasteiger partial charge in [-0.05, 0) is 49.6 Å².